The van der Waals surface area contributed by atoms with Gasteiger partial charge in [0.05, 0.1) is 13.2 Å². The van der Waals surface area contributed by atoms with Crippen LogP contribution in [0.3, 0.4) is 0 Å². The minimum Gasteiger partial charge on any atom is -0.465 e. The van der Waals surface area contributed by atoms with Crippen LogP contribution in [0, 0.1) is 0 Å². The van der Waals surface area contributed by atoms with E-state index < -0.39 is 0 Å². The van der Waals surface area contributed by atoms with Crippen LogP contribution in [0.5, 0.6) is 0 Å². The van der Waals surface area contributed by atoms with Crippen LogP contribution < -0.4 is 5.73 Å². The molecule has 1 rings (SSSR count). The maximum Gasteiger partial charge on any atom is 0.320 e. The number of rotatable bonds is 10. The van der Waals surface area contributed by atoms with Gasteiger partial charge in [0, 0.05) is 32.6 Å². The van der Waals surface area contributed by atoms with Crippen molar-refractivity contribution in [3.05, 3.63) is 0 Å². The monoisotopic (exact) mass is 285 g/mol. The van der Waals surface area contributed by atoms with Gasteiger partial charge in [-0.15, -0.1) is 0 Å². The molecule has 0 heterocycles. The summed E-state index contributed by atoms with van der Waals surface area (Å²) in [6, 6.07) is 0.446. The van der Waals surface area contributed by atoms with E-state index in [2.05, 4.69) is 4.90 Å². The Kier molecular flexibility index (Phi) is 7.54. The van der Waals surface area contributed by atoms with Crippen LogP contribution in [0.2, 0.25) is 0 Å². The van der Waals surface area contributed by atoms with Crippen molar-refractivity contribution in [2.24, 2.45) is 5.73 Å². The fourth-order valence-electron chi connectivity index (χ4n) is 2.09. The van der Waals surface area contributed by atoms with Crippen LogP contribution in [0.15, 0.2) is 0 Å². The average molecular weight is 285 g/mol. The van der Waals surface area contributed by atoms with Gasteiger partial charge in [-0.1, -0.05) is 0 Å². The number of hydrogen-bond donors (Lipinski definition) is 1. The largest absolute Gasteiger partial charge is 0.465 e. The number of hydrogen-bond acceptors (Lipinski definition) is 5. The van der Waals surface area contributed by atoms with Gasteiger partial charge in [0.25, 0.3) is 0 Å². The Bertz CT molecular complexity index is 319. The molecule has 0 saturated heterocycles. The third-order valence-corrected chi connectivity index (χ3v) is 3.44. The number of amides is 1. The number of nitrogens with zero attached hydrogens (tertiary/aromatic N) is 2. The summed E-state index contributed by atoms with van der Waals surface area (Å²) in [5, 5.41) is 0. The summed E-state index contributed by atoms with van der Waals surface area (Å²) in [4.78, 5) is 27.3. The van der Waals surface area contributed by atoms with Crippen molar-refractivity contribution in [2.45, 2.75) is 38.6 Å². The summed E-state index contributed by atoms with van der Waals surface area (Å²) in [7, 11) is 1.80. The van der Waals surface area contributed by atoms with Crippen LogP contribution in [0.4, 0.5) is 0 Å². The highest BCUT2D eigenvalue weighted by molar-refractivity contribution is 5.76. The third kappa shape index (κ3) is 6.34. The van der Waals surface area contributed by atoms with Crippen molar-refractivity contribution in [3.8, 4) is 0 Å². The predicted molar refractivity (Wildman–Crippen MR) is 77.2 cm³/mol. The number of ether oxygens (including phenoxy) is 1. The van der Waals surface area contributed by atoms with Gasteiger partial charge in [0.2, 0.25) is 5.91 Å². The molecule has 0 radical (unpaired) electrons. The molecule has 1 aliphatic rings. The Morgan fingerprint density at radius 2 is 2.00 bits per heavy atom. The Labute approximate surface area is 121 Å². The number of esters is 1. The molecule has 20 heavy (non-hydrogen) atoms. The van der Waals surface area contributed by atoms with E-state index in [-0.39, 0.29) is 18.4 Å². The highest BCUT2D eigenvalue weighted by Crippen LogP contribution is 2.26. The van der Waals surface area contributed by atoms with Gasteiger partial charge in [-0.3, -0.25) is 14.5 Å². The third-order valence-electron chi connectivity index (χ3n) is 3.44. The molecule has 0 aromatic heterocycles. The first-order chi connectivity index (χ1) is 9.58. The first-order valence-electron chi connectivity index (χ1n) is 7.42. The predicted octanol–water partition coefficient (Wildman–Crippen LogP) is 0.211. The summed E-state index contributed by atoms with van der Waals surface area (Å²) in [5.41, 5.74) is 5.43. The summed E-state index contributed by atoms with van der Waals surface area (Å²) < 4.78 is 4.97. The van der Waals surface area contributed by atoms with E-state index in [4.69, 9.17) is 10.5 Å². The fourth-order valence-corrected chi connectivity index (χ4v) is 2.09. The smallest absolute Gasteiger partial charge is 0.320 e. The van der Waals surface area contributed by atoms with Gasteiger partial charge in [-0.05, 0) is 32.7 Å². The minimum absolute atomic E-state index is 0.105. The van der Waals surface area contributed by atoms with E-state index in [1.807, 2.05) is 0 Å². The second-order valence-corrected chi connectivity index (χ2v) is 5.21. The standard InChI is InChI=1S/C14H27N3O3/c1-3-20-14(19)11-17(12-5-6-12)10-7-13(18)16(2)9-4-8-15/h12H,3-11,15H2,1-2H3. The summed E-state index contributed by atoms with van der Waals surface area (Å²) >= 11 is 0. The van der Waals surface area contributed by atoms with Gasteiger partial charge in [0.1, 0.15) is 0 Å². The number of carbonyl (C=O) groups is 2. The van der Waals surface area contributed by atoms with E-state index >= 15 is 0 Å². The van der Waals surface area contributed by atoms with Crippen molar-refractivity contribution in [2.75, 3.05) is 39.8 Å². The maximum atomic E-state index is 12.0. The van der Waals surface area contributed by atoms with Crippen molar-refractivity contribution in [3.63, 3.8) is 0 Å². The molecule has 1 aliphatic carbocycles. The van der Waals surface area contributed by atoms with E-state index in [0.717, 1.165) is 19.3 Å². The molecule has 1 fully saturated rings. The number of nitrogens with two attached hydrogens (primary N) is 1. The van der Waals surface area contributed by atoms with Gasteiger partial charge >= 0.3 is 5.97 Å². The molecule has 0 spiro atoms. The molecule has 1 saturated carbocycles. The van der Waals surface area contributed by atoms with Crippen molar-refractivity contribution < 1.29 is 14.3 Å². The van der Waals surface area contributed by atoms with Crippen LogP contribution in [-0.2, 0) is 14.3 Å². The van der Waals surface area contributed by atoms with Crippen molar-refractivity contribution >= 4 is 11.9 Å². The fraction of sp³-hybridized carbons (Fsp3) is 0.857. The highest BCUT2D eigenvalue weighted by atomic mass is 16.5. The summed E-state index contributed by atoms with van der Waals surface area (Å²) in [6.45, 7) is 4.40. The van der Waals surface area contributed by atoms with E-state index in [1.165, 1.54) is 0 Å². The molecule has 2 N–H and O–H groups in total. The normalized spacial score (nSPS) is 14.4. The molecule has 0 aromatic carbocycles. The maximum absolute atomic E-state index is 12.0. The Morgan fingerprint density at radius 1 is 1.30 bits per heavy atom. The highest BCUT2D eigenvalue weighted by Gasteiger charge is 2.30. The van der Waals surface area contributed by atoms with Gasteiger partial charge in [-0.25, -0.2) is 0 Å². The average Bonchev–Trinajstić information content (AvgIpc) is 3.25. The summed E-state index contributed by atoms with van der Waals surface area (Å²) in [5.74, 6) is -0.101. The van der Waals surface area contributed by atoms with Crippen LogP contribution >= 0.6 is 0 Å². The molecular weight excluding hydrogens is 258 g/mol. The zero-order valence-electron chi connectivity index (χ0n) is 12.6. The van der Waals surface area contributed by atoms with Crippen LogP contribution in [0.1, 0.15) is 32.6 Å². The Morgan fingerprint density at radius 3 is 2.55 bits per heavy atom. The first kappa shape index (κ1) is 16.9. The lowest BCUT2D eigenvalue weighted by atomic mass is 10.3. The lowest BCUT2D eigenvalue weighted by Crippen LogP contribution is -2.37. The molecule has 0 aromatic rings. The molecular formula is C14H27N3O3. The zero-order valence-corrected chi connectivity index (χ0v) is 12.6. The van der Waals surface area contributed by atoms with E-state index in [9.17, 15) is 9.59 Å². The quantitative estimate of drug-likeness (QED) is 0.581. The SMILES string of the molecule is CCOC(=O)CN(CCC(=O)N(C)CCCN)C1CC1. The van der Waals surface area contributed by atoms with Crippen molar-refractivity contribution in [1.29, 1.82) is 0 Å². The number of carbonyl (C=O) groups excluding carboxylic acids is 2. The van der Waals surface area contributed by atoms with E-state index in [1.54, 1.807) is 18.9 Å². The molecule has 0 aliphatic heterocycles. The zero-order chi connectivity index (χ0) is 15.0. The van der Waals surface area contributed by atoms with Gasteiger partial charge in [0.15, 0.2) is 0 Å². The topological polar surface area (TPSA) is 75.9 Å². The molecule has 0 bridgehead atoms. The second kappa shape index (κ2) is 8.92. The first-order valence-corrected chi connectivity index (χ1v) is 7.42. The Balaban J connectivity index is 2.31. The Hall–Kier alpha value is -1.14. The molecule has 0 unspecified atom stereocenters. The van der Waals surface area contributed by atoms with E-state index in [0.29, 0.717) is 38.7 Å². The minimum atomic E-state index is -0.205. The van der Waals surface area contributed by atoms with Gasteiger partial charge < -0.3 is 15.4 Å². The molecule has 6 nitrogen and oxygen atoms in total. The molecule has 6 heteroatoms. The van der Waals surface area contributed by atoms with Crippen LogP contribution in [0.25, 0.3) is 0 Å². The van der Waals surface area contributed by atoms with Gasteiger partial charge in [-0.2, -0.15) is 0 Å². The molecule has 116 valence electrons. The van der Waals surface area contributed by atoms with Crippen molar-refractivity contribution in [1.82, 2.24) is 9.80 Å². The molecule has 0 atom stereocenters. The lowest BCUT2D eigenvalue weighted by Gasteiger charge is -2.22. The lowest BCUT2D eigenvalue weighted by molar-refractivity contribution is -0.145. The molecule has 1 amide bonds. The summed E-state index contributed by atoms with van der Waals surface area (Å²) in [6.07, 6.45) is 3.47. The van der Waals surface area contributed by atoms with Crippen LogP contribution in [-0.4, -0.2) is 67.6 Å². The second-order valence-electron chi connectivity index (χ2n) is 5.21.